The molecule has 8 nitrogen and oxygen atoms in total. The Morgan fingerprint density at radius 2 is 1.93 bits per heavy atom. The molecule has 0 aliphatic carbocycles. The molecular formula is C18H24BrN3O5. The summed E-state index contributed by atoms with van der Waals surface area (Å²) < 4.78 is 5.88. The molecule has 1 aliphatic rings. The summed E-state index contributed by atoms with van der Waals surface area (Å²) in [6.45, 7) is 9.84. The van der Waals surface area contributed by atoms with Crippen LogP contribution >= 0.6 is 15.9 Å². The van der Waals surface area contributed by atoms with Crippen LogP contribution in [0.25, 0.3) is 0 Å². The molecule has 0 N–H and O–H groups in total. The lowest BCUT2D eigenvalue weighted by molar-refractivity contribution is -0.385. The van der Waals surface area contributed by atoms with Gasteiger partial charge in [0.05, 0.1) is 10.5 Å². The van der Waals surface area contributed by atoms with Crippen molar-refractivity contribution < 1.29 is 19.2 Å². The van der Waals surface area contributed by atoms with Gasteiger partial charge >= 0.3 is 6.09 Å². The smallest absolute Gasteiger partial charge is 0.410 e. The normalized spacial score (nSPS) is 17.6. The van der Waals surface area contributed by atoms with Crippen molar-refractivity contribution in [2.24, 2.45) is 0 Å². The van der Waals surface area contributed by atoms with Crippen LogP contribution in [0.3, 0.4) is 0 Å². The number of carbonyl (C=O) groups is 2. The number of amides is 2. The molecule has 1 aromatic carbocycles. The van der Waals surface area contributed by atoms with E-state index in [-0.39, 0.29) is 23.2 Å². The van der Waals surface area contributed by atoms with Gasteiger partial charge in [0.2, 0.25) is 0 Å². The quantitative estimate of drug-likeness (QED) is 0.514. The van der Waals surface area contributed by atoms with Crippen molar-refractivity contribution in [3.63, 3.8) is 0 Å². The van der Waals surface area contributed by atoms with E-state index >= 15 is 0 Å². The van der Waals surface area contributed by atoms with Crippen LogP contribution in [0.5, 0.6) is 0 Å². The first-order chi connectivity index (χ1) is 12.4. The second kappa shape index (κ2) is 7.84. The molecule has 9 heteroatoms. The molecular weight excluding hydrogens is 418 g/mol. The average Bonchev–Trinajstić information content (AvgIpc) is 2.53. The Balaban J connectivity index is 2.17. The fraction of sp³-hybridized carbons (Fsp3) is 0.556. The zero-order valence-corrected chi connectivity index (χ0v) is 17.7. The molecule has 0 spiro atoms. The molecule has 1 aromatic rings. The van der Waals surface area contributed by atoms with Crippen molar-refractivity contribution in [1.29, 1.82) is 0 Å². The Morgan fingerprint density at radius 1 is 1.30 bits per heavy atom. The SMILES string of the molecule is Cc1c(C(=O)N2CCN(C(=O)OC(C)(C)C)C(C)C2)cc(Br)cc1[N+](=O)[O-]. The van der Waals surface area contributed by atoms with Gasteiger partial charge in [-0.25, -0.2) is 4.79 Å². The lowest BCUT2D eigenvalue weighted by Crippen LogP contribution is -2.56. The number of carbonyl (C=O) groups excluding carboxylic acids is 2. The van der Waals surface area contributed by atoms with Crippen molar-refractivity contribution in [1.82, 2.24) is 9.80 Å². The van der Waals surface area contributed by atoms with Crippen LogP contribution in [0.4, 0.5) is 10.5 Å². The summed E-state index contributed by atoms with van der Waals surface area (Å²) in [4.78, 5) is 39.2. The van der Waals surface area contributed by atoms with Crippen molar-refractivity contribution >= 4 is 33.6 Å². The van der Waals surface area contributed by atoms with Gasteiger partial charge in [-0.15, -0.1) is 0 Å². The number of nitro groups is 1. The lowest BCUT2D eigenvalue weighted by Gasteiger charge is -2.40. The molecule has 1 saturated heterocycles. The van der Waals surface area contributed by atoms with Crippen LogP contribution in [-0.2, 0) is 4.74 Å². The number of rotatable bonds is 2. The van der Waals surface area contributed by atoms with Crippen molar-refractivity contribution in [2.45, 2.75) is 46.3 Å². The maximum Gasteiger partial charge on any atom is 0.410 e. The maximum absolute atomic E-state index is 12.9. The Hall–Kier alpha value is -2.16. The third kappa shape index (κ3) is 4.97. The highest BCUT2D eigenvalue weighted by Gasteiger charge is 2.34. The average molecular weight is 442 g/mol. The fourth-order valence-corrected chi connectivity index (χ4v) is 3.43. The summed E-state index contributed by atoms with van der Waals surface area (Å²) in [6, 6.07) is 2.75. The molecule has 1 fully saturated rings. The monoisotopic (exact) mass is 441 g/mol. The molecule has 1 atom stereocenters. The predicted molar refractivity (Wildman–Crippen MR) is 104 cm³/mol. The van der Waals surface area contributed by atoms with E-state index in [0.29, 0.717) is 29.7 Å². The molecule has 148 valence electrons. The number of piperazine rings is 1. The first-order valence-corrected chi connectivity index (χ1v) is 9.43. The summed E-state index contributed by atoms with van der Waals surface area (Å²) in [6.07, 6.45) is -0.406. The second-order valence-corrected chi connectivity index (χ2v) is 8.54. The minimum atomic E-state index is -0.587. The Labute approximate surface area is 166 Å². The summed E-state index contributed by atoms with van der Waals surface area (Å²) in [5, 5.41) is 11.2. The van der Waals surface area contributed by atoms with E-state index in [2.05, 4.69) is 15.9 Å². The van der Waals surface area contributed by atoms with Crippen LogP contribution in [0.1, 0.15) is 43.6 Å². The van der Waals surface area contributed by atoms with E-state index < -0.39 is 16.6 Å². The number of halogens is 1. The maximum atomic E-state index is 12.9. The van der Waals surface area contributed by atoms with Crippen molar-refractivity contribution in [2.75, 3.05) is 19.6 Å². The topological polar surface area (TPSA) is 93.0 Å². The van der Waals surface area contributed by atoms with Gasteiger partial charge in [0, 0.05) is 41.8 Å². The van der Waals surface area contributed by atoms with E-state index in [0.717, 1.165) is 0 Å². The van der Waals surface area contributed by atoms with Crippen LogP contribution in [0, 0.1) is 17.0 Å². The van der Waals surface area contributed by atoms with E-state index in [1.807, 2.05) is 6.92 Å². The van der Waals surface area contributed by atoms with Gasteiger partial charge in [-0.3, -0.25) is 14.9 Å². The summed E-state index contributed by atoms with van der Waals surface area (Å²) in [7, 11) is 0. The number of ether oxygens (including phenoxy) is 1. The molecule has 2 amide bonds. The van der Waals surface area contributed by atoms with Gasteiger partial charge in [0.1, 0.15) is 5.60 Å². The molecule has 0 bridgehead atoms. The molecule has 1 aliphatic heterocycles. The third-order valence-electron chi connectivity index (χ3n) is 4.31. The molecule has 0 aromatic heterocycles. The highest BCUT2D eigenvalue weighted by Crippen LogP contribution is 2.28. The van der Waals surface area contributed by atoms with Crippen molar-refractivity contribution in [3.8, 4) is 0 Å². The molecule has 0 radical (unpaired) electrons. The zero-order chi connectivity index (χ0) is 20.5. The van der Waals surface area contributed by atoms with Gasteiger partial charge in [0.25, 0.3) is 11.6 Å². The fourth-order valence-electron chi connectivity index (χ4n) is 2.98. The second-order valence-electron chi connectivity index (χ2n) is 7.63. The third-order valence-corrected chi connectivity index (χ3v) is 4.77. The Bertz CT molecular complexity index is 775. The van der Waals surface area contributed by atoms with E-state index in [4.69, 9.17) is 4.74 Å². The van der Waals surface area contributed by atoms with E-state index in [9.17, 15) is 19.7 Å². The number of nitro benzene ring substituents is 1. The van der Waals surface area contributed by atoms with Gasteiger partial charge in [-0.2, -0.15) is 0 Å². The molecule has 2 rings (SSSR count). The molecule has 1 unspecified atom stereocenters. The molecule has 27 heavy (non-hydrogen) atoms. The standard InChI is InChI=1S/C18H24BrN3O5/c1-11-10-20(6-7-21(11)17(24)27-18(3,4)5)16(23)14-8-13(19)9-15(12(14)2)22(25)26/h8-9,11H,6-7,10H2,1-5H3. The largest absolute Gasteiger partial charge is 0.444 e. The predicted octanol–water partition coefficient (Wildman–Crippen LogP) is 3.75. The van der Waals surface area contributed by atoms with E-state index in [1.165, 1.54) is 6.07 Å². The van der Waals surface area contributed by atoms with Crippen LogP contribution < -0.4 is 0 Å². The highest BCUT2D eigenvalue weighted by atomic mass is 79.9. The minimum Gasteiger partial charge on any atom is -0.444 e. The lowest BCUT2D eigenvalue weighted by atomic mass is 10.0. The van der Waals surface area contributed by atoms with E-state index in [1.54, 1.807) is 43.6 Å². The number of hydrogen-bond acceptors (Lipinski definition) is 5. The summed E-state index contributed by atoms with van der Waals surface area (Å²) in [5.41, 5.74) is -0.0755. The summed E-state index contributed by atoms with van der Waals surface area (Å²) in [5.74, 6) is -0.285. The first kappa shape index (κ1) is 21.1. The summed E-state index contributed by atoms with van der Waals surface area (Å²) >= 11 is 3.23. The minimum absolute atomic E-state index is 0.104. The van der Waals surface area contributed by atoms with Gasteiger partial charge in [0.15, 0.2) is 0 Å². The number of hydrogen-bond donors (Lipinski definition) is 0. The van der Waals surface area contributed by atoms with Crippen LogP contribution in [0.15, 0.2) is 16.6 Å². The van der Waals surface area contributed by atoms with Gasteiger partial charge in [-0.05, 0) is 40.7 Å². The van der Waals surface area contributed by atoms with Gasteiger partial charge in [-0.1, -0.05) is 15.9 Å². The zero-order valence-electron chi connectivity index (χ0n) is 16.1. The van der Waals surface area contributed by atoms with Crippen molar-refractivity contribution in [3.05, 3.63) is 37.8 Å². The van der Waals surface area contributed by atoms with Gasteiger partial charge < -0.3 is 14.5 Å². The van der Waals surface area contributed by atoms with Crippen LogP contribution in [-0.4, -0.2) is 58.0 Å². The molecule has 0 saturated carbocycles. The van der Waals surface area contributed by atoms with Crippen LogP contribution in [0.2, 0.25) is 0 Å². The highest BCUT2D eigenvalue weighted by molar-refractivity contribution is 9.10. The first-order valence-electron chi connectivity index (χ1n) is 8.64. The molecule has 1 heterocycles. The Kier molecular flexibility index (Phi) is 6.14. The number of nitrogens with zero attached hydrogens (tertiary/aromatic N) is 3. The number of benzene rings is 1. The Morgan fingerprint density at radius 3 is 2.44 bits per heavy atom.